The molecule has 0 aliphatic carbocycles. The number of nitrogens with one attached hydrogen (secondary N) is 1. The second kappa shape index (κ2) is 6.92. The van der Waals surface area contributed by atoms with Crippen molar-refractivity contribution in [2.75, 3.05) is 17.1 Å². The molecule has 0 unspecified atom stereocenters. The largest absolute Gasteiger partial charge is 0.384 e. The van der Waals surface area contributed by atoms with E-state index in [-0.39, 0.29) is 29.0 Å². The van der Waals surface area contributed by atoms with Crippen LogP contribution in [0.1, 0.15) is 32.8 Å². The lowest BCUT2D eigenvalue weighted by atomic mass is 9.94. The first-order valence-corrected chi connectivity index (χ1v) is 8.18. The van der Waals surface area contributed by atoms with Gasteiger partial charge < -0.3 is 5.11 Å². The molecule has 0 heterocycles. The van der Waals surface area contributed by atoms with Gasteiger partial charge in [0.2, 0.25) is 10.0 Å². The highest BCUT2D eigenvalue weighted by Gasteiger charge is 2.17. The predicted molar refractivity (Wildman–Crippen MR) is 81.8 cm³/mol. The van der Waals surface area contributed by atoms with Crippen LogP contribution in [0.5, 0.6) is 0 Å². The van der Waals surface area contributed by atoms with Crippen molar-refractivity contribution >= 4 is 15.7 Å². The lowest BCUT2D eigenvalue weighted by molar-refractivity contribution is 0.350. The topological polar surface area (TPSA) is 66.4 Å². The second-order valence-electron chi connectivity index (χ2n) is 5.89. The molecule has 6 heteroatoms. The number of rotatable bonds is 4. The SMILES string of the molecule is CC(C)(C)CCS(=O)(=O)Nc1ccc(C#CCO)c(F)c1. The van der Waals surface area contributed by atoms with Crippen molar-refractivity contribution in [3.05, 3.63) is 29.6 Å². The Morgan fingerprint density at radius 3 is 2.52 bits per heavy atom. The number of aliphatic hydroxyl groups is 1. The average molecular weight is 313 g/mol. The number of aliphatic hydroxyl groups excluding tert-OH is 1. The van der Waals surface area contributed by atoms with Crippen molar-refractivity contribution in [1.82, 2.24) is 0 Å². The molecular formula is C15H20FNO3S. The second-order valence-corrected chi connectivity index (χ2v) is 7.73. The zero-order valence-electron chi connectivity index (χ0n) is 12.4. The first-order valence-electron chi connectivity index (χ1n) is 6.53. The zero-order chi connectivity index (χ0) is 16.1. The molecule has 116 valence electrons. The molecule has 0 aliphatic heterocycles. The Kier molecular flexibility index (Phi) is 5.76. The average Bonchev–Trinajstić information content (AvgIpc) is 2.34. The van der Waals surface area contributed by atoms with E-state index in [0.717, 1.165) is 6.07 Å². The minimum Gasteiger partial charge on any atom is -0.384 e. The third-order valence-corrected chi connectivity index (χ3v) is 3.95. The van der Waals surface area contributed by atoms with Crippen LogP contribution in [0.3, 0.4) is 0 Å². The van der Waals surface area contributed by atoms with Crippen LogP contribution in [0.4, 0.5) is 10.1 Å². The molecule has 0 saturated heterocycles. The van der Waals surface area contributed by atoms with Crippen LogP contribution >= 0.6 is 0 Å². The maximum absolute atomic E-state index is 13.7. The molecular weight excluding hydrogens is 293 g/mol. The fourth-order valence-electron chi connectivity index (χ4n) is 1.49. The van der Waals surface area contributed by atoms with Crippen molar-refractivity contribution in [2.45, 2.75) is 27.2 Å². The number of sulfonamides is 1. The highest BCUT2D eigenvalue weighted by Crippen LogP contribution is 2.21. The van der Waals surface area contributed by atoms with Crippen LogP contribution in [-0.4, -0.2) is 25.9 Å². The molecule has 0 aromatic heterocycles. The van der Waals surface area contributed by atoms with Gasteiger partial charge in [0, 0.05) is 0 Å². The monoisotopic (exact) mass is 313 g/mol. The van der Waals surface area contributed by atoms with Gasteiger partial charge in [-0.15, -0.1) is 0 Å². The molecule has 1 aromatic rings. The normalized spacial score (nSPS) is 11.7. The molecule has 0 spiro atoms. The zero-order valence-corrected chi connectivity index (χ0v) is 13.2. The van der Waals surface area contributed by atoms with Gasteiger partial charge in [0.1, 0.15) is 12.4 Å². The van der Waals surface area contributed by atoms with Crippen molar-refractivity contribution < 1.29 is 17.9 Å². The molecule has 1 rings (SSSR count). The lowest BCUT2D eigenvalue weighted by Crippen LogP contribution is -2.21. The minimum absolute atomic E-state index is 0.0236. The molecule has 2 N–H and O–H groups in total. The van der Waals surface area contributed by atoms with Gasteiger partial charge in [-0.25, -0.2) is 12.8 Å². The molecule has 0 fully saturated rings. The highest BCUT2D eigenvalue weighted by atomic mass is 32.2. The fourth-order valence-corrected chi connectivity index (χ4v) is 2.96. The molecule has 0 amide bonds. The molecule has 0 aliphatic rings. The van der Waals surface area contributed by atoms with Crippen molar-refractivity contribution in [3.63, 3.8) is 0 Å². The van der Waals surface area contributed by atoms with Gasteiger partial charge in [0.25, 0.3) is 0 Å². The summed E-state index contributed by atoms with van der Waals surface area (Å²) in [6.45, 7) is 5.51. The Balaban J connectivity index is 2.81. The number of halogens is 1. The lowest BCUT2D eigenvalue weighted by Gasteiger charge is -2.18. The summed E-state index contributed by atoms with van der Waals surface area (Å²) in [5.41, 5.74) is 0.182. The molecule has 1 aromatic carbocycles. The molecule has 0 radical (unpaired) electrons. The van der Waals surface area contributed by atoms with Crippen LogP contribution in [0, 0.1) is 23.1 Å². The van der Waals surface area contributed by atoms with Crippen LogP contribution < -0.4 is 4.72 Å². The summed E-state index contributed by atoms with van der Waals surface area (Å²) >= 11 is 0. The molecule has 4 nitrogen and oxygen atoms in total. The Labute approximate surface area is 125 Å². The maximum Gasteiger partial charge on any atom is 0.232 e. The Hall–Kier alpha value is -1.58. The van der Waals surface area contributed by atoms with Gasteiger partial charge in [0.15, 0.2) is 0 Å². The number of hydrogen-bond donors (Lipinski definition) is 2. The van der Waals surface area contributed by atoms with Crippen LogP contribution in [0.15, 0.2) is 18.2 Å². The standard InChI is InChI=1S/C15H20FNO3S/c1-15(2,3)8-10-21(19,20)17-13-7-6-12(5-4-9-18)14(16)11-13/h6-7,11,17-18H,8-10H2,1-3H3. The van der Waals surface area contributed by atoms with E-state index in [4.69, 9.17) is 5.11 Å². The molecule has 0 bridgehead atoms. The summed E-state index contributed by atoms with van der Waals surface area (Å²) in [7, 11) is -3.51. The summed E-state index contributed by atoms with van der Waals surface area (Å²) in [4.78, 5) is 0. The maximum atomic E-state index is 13.7. The number of benzene rings is 1. The Morgan fingerprint density at radius 1 is 1.33 bits per heavy atom. The Bertz CT molecular complexity index is 652. The van der Waals surface area contributed by atoms with E-state index in [0.29, 0.717) is 6.42 Å². The summed E-state index contributed by atoms with van der Waals surface area (Å²) < 4.78 is 39.9. The van der Waals surface area contributed by atoms with E-state index in [1.165, 1.54) is 12.1 Å². The van der Waals surface area contributed by atoms with Crippen molar-refractivity contribution in [2.24, 2.45) is 5.41 Å². The number of anilines is 1. The summed E-state index contributed by atoms with van der Waals surface area (Å²) in [6.07, 6.45) is 0.505. The van der Waals surface area contributed by atoms with Gasteiger partial charge in [-0.2, -0.15) is 0 Å². The Morgan fingerprint density at radius 2 is 2.00 bits per heavy atom. The summed E-state index contributed by atoms with van der Waals surface area (Å²) in [5, 5.41) is 8.56. The smallest absolute Gasteiger partial charge is 0.232 e. The van der Waals surface area contributed by atoms with Gasteiger partial charge in [0.05, 0.1) is 17.0 Å². The van der Waals surface area contributed by atoms with E-state index in [1.807, 2.05) is 20.8 Å². The van der Waals surface area contributed by atoms with Crippen molar-refractivity contribution in [3.8, 4) is 11.8 Å². The summed E-state index contributed by atoms with van der Waals surface area (Å²) in [6, 6.07) is 3.90. The molecule has 0 saturated carbocycles. The minimum atomic E-state index is -3.51. The molecule has 21 heavy (non-hydrogen) atoms. The van der Waals surface area contributed by atoms with Gasteiger partial charge in [-0.3, -0.25) is 4.72 Å². The quantitative estimate of drug-likeness (QED) is 0.839. The first kappa shape index (κ1) is 17.5. The predicted octanol–water partition coefficient (Wildman–Crippen LogP) is 2.35. The van der Waals surface area contributed by atoms with Crippen LogP contribution in [-0.2, 0) is 10.0 Å². The van der Waals surface area contributed by atoms with E-state index >= 15 is 0 Å². The van der Waals surface area contributed by atoms with E-state index < -0.39 is 15.8 Å². The third-order valence-electron chi connectivity index (χ3n) is 2.67. The van der Waals surface area contributed by atoms with Crippen LogP contribution in [0.2, 0.25) is 0 Å². The first-order chi connectivity index (χ1) is 9.63. The van der Waals surface area contributed by atoms with E-state index in [2.05, 4.69) is 16.6 Å². The number of hydrogen-bond acceptors (Lipinski definition) is 3. The highest BCUT2D eigenvalue weighted by molar-refractivity contribution is 7.92. The third kappa shape index (κ3) is 6.61. The van der Waals surface area contributed by atoms with Gasteiger partial charge >= 0.3 is 0 Å². The van der Waals surface area contributed by atoms with E-state index in [1.54, 1.807) is 0 Å². The summed E-state index contributed by atoms with van der Waals surface area (Å²) in [5.74, 6) is 4.13. The van der Waals surface area contributed by atoms with Crippen molar-refractivity contribution in [1.29, 1.82) is 0 Å². The fraction of sp³-hybridized carbons (Fsp3) is 0.467. The van der Waals surface area contributed by atoms with Crippen LogP contribution in [0.25, 0.3) is 0 Å². The van der Waals surface area contributed by atoms with Gasteiger partial charge in [-0.1, -0.05) is 32.6 Å². The van der Waals surface area contributed by atoms with Gasteiger partial charge in [-0.05, 0) is 30.0 Å². The molecule has 0 atom stereocenters. The van der Waals surface area contributed by atoms with E-state index in [9.17, 15) is 12.8 Å².